The lowest BCUT2D eigenvalue weighted by Gasteiger charge is -2.36. The molecule has 0 aromatic carbocycles. The number of hydrogen-bond donors (Lipinski definition) is 0. The summed E-state index contributed by atoms with van der Waals surface area (Å²) in [6.07, 6.45) is 34.9. The SMILES string of the molecule is CC[N+]1(C)CCCCC1.CC[N+]1(C)CCCCC1.CC[N+]1(C)CCCCC1.CC[N+]1(C)CCCCC1.CC[N+]1(C)CCCCC1.CC[N+]1(C)CCCCC1.CC[N+]1(C)CCCCC1.CC[N+]1(C)CCCCC1.[O-]B([O-])F.[O-]B([O-])F.[O-]B([O-])F.[O-]B([O-])F. The van der Waals surface area contributed by atoms with Gasteiger partial charge in [-0.1, -0.05) is 0 Å². The van der Waals surface area contributed by atoms with E-state index in [1.54, 1.807) is 0 Å². The molecule has 0 saturated carbocycles. The molecule has 8 saturated heterocycles. The molecule has 24 heteroatoms. The van der Waals surface area contributed by atoms with Crippen LogP contribution in [0.4, 0.5) is 17.3 Å². The summed E-state index contributed by atoms with van der Waals surface area (Å²) >= 11 is 0. The highest BCUT2D eigenvalue weighted by atomic mass is 19.1. The van der Waals surface area contributed by atoms with Crippen LogP contribution in [-0.4, -0.2) is 279 Å². The van der Waals surface area contributed by atoms with Crippen LogP contribution in [-0.2, 0) is 0 Å². The van der Waals surface area contributed by atoms with Gasteiger partial charge in [0.05, 0.1) is 213 Å². The molecule has 8 rings (SSSR count). The Balaban J connectivity index is -0.000000443. The zero-order valence-corrected chi connectivity index (χ0v) is 60.6. The fourth-order valence-electron chi connectivity index (χ4n) is 12.7. The van der Waals surface area contributed by atoms with E-state index in [-0.39, 0.29) is 0 Å². The molecule has 0 amide bonds. The Morgan fingerprint density at radius 3 is 0.273 bits per heavy atom. The van der Waals surface area contributed by atoms with Crippen molar-refractivity contribution >= 4 is 29.6 Å². The summed E-state index contributed by atoms with van der Waals surface area (Å²) in [6, 6.07) is 0. The lowest BCUT2D eigenvalue weighted by molar-refractivity contribution is -0.912. The molecule has 0 unspecified atom stereocenters. The second-order valence-corrected chi connectivity index (χ2v) is 28.6. The Hall–Kier alpha value is -0.660. The summed E-state index contributed by atoms with van der Waals surface area (Å²) in [4.78, 5) is 0. The highest BCUT2D eigenvalue weighted by molar-refractivity contribution is 6.27. The Labute approximate surface area is 543 Å². The largest absolute Gasteiger partial charge is 0.867 e. The van der Waals surface area contributed by atoms with E-state index in [0.29, 0.717) is 0 Å². The third-order valence-corrected chi connectivity index (χ3v) is 21.3. The molecule has 88 heavy (non-hydrogen) atoms. The Morgan fingerprint density at radius 2 is 0.239 bits per heavy atom. The van der Waals surface area contributed by atoms with Crippen molar-refractivity contribution in [1.29, 1.82) is 0 Å². The summed E-state index contributed by atoms with van der Waals surface area (Å²) < 4.78 is 50.1. The summed E-state index contributed by atoms with van der Waals surface area (Å²) in [5.74, 6) is 0. The van der Waals surface area contributed by atoms with Gasteiger partial charge in [-0.25, -0.2) is 0 Å². The third kappa shape index (κ3) is 56.8. The molecular formula is C64H144B4F4N8O8. The van der Waals surface area contributed by atoms with Crippen molar-refractivity contribution in [3.63, 3.8) is 0 Å². The molecule has 8 aliphatic heterocycles. The number of likely N-dealkylation sites (tertiary alicyclic amines) is 8. The summed E-state index contributed by atoms with van der Waals surface area (Å²) in [7, 11) is 6.33. The highest BCUT2D eigenvalue weighted by Gasteiger charge is 2.27. The van der Waals surface area contributed by atoms with E-state index >= 15 is 0 Å². The third-order valence-electron chi connectivity index (χ3n) is 21.3. The minimum Gasteiger partial charge on any atom is -0.867 e. The molecule has 528 valence electrons. The summed E-state index contributed by atoms with van der Waals surface area (Å²) in [5.41, 5.74) is 0. The first-order valence-electron chi connectivity index (χ1n) is 35.6. The van der Waals surface area contributed by atoms with Crippen LogP contribution in [0.2, 0.25) is 0 Å². The van der Waals surface area contributed by atoms with Crippen molar-refractivity contribution in [3.8, 4) is 0 Å². The van der Waals surface area contributed by atoms with E-state index in [0.717, 1.165) is 0 Å². The smallest absolute Gasteiger partial charge is 0.121 e. The van der Waals surface area contributed by atoms with Gasteiger partial charge >= 0.3 is 0 Å². The average Bonchev–Trinajstić information content (AvgIpc) is 3.49. The van der Waals surface area contributed by atoms with Gasteiger partial charge in [-0.15, -0.1) is 0 Å². The second kappa shape index (κ2) is 54.6. The van der Waals surface area contributed by atoms with Crippen molar-refractivity contribution in [2.45, 2.75) is 209 Å². The van der Waals surface area contributed by atoms with Crippen molar-refractivity contribution in [1.82, 2.24) is 0 Å². The van der Waals surface area contributed by atoms with E-state index < -0.39 is 29.6 Å². The van der Waals surface area contributed by atoms with Crippen molar-refractivity contribution in [2.75, 3.05) is 213 Å². The van der Waals surface area contributed by atoms with E-state index in [1.807, 2.05) is 0 Å². The minimum absolute atomic E-state index is 1.32. The molecule has 0 bridgehead atoms. The van der Waals surface area contributed by atoms with E-state index in [9.17, 15) is 17.3 Å². The zero-order valence-electron chi connectivity index (χ0n) is 60.6. The first-order valence-corrected chi connectivity index (χ1v) is 35.6. The number of hydrogen-bond acceptors (Lipinski definition) is 8. The molecule has 8 fully saturated rings. The average molecular weight is 1270 g/mol. The lowest BCUT2D eigenvalue weighted by atomic mass is 10.1. The zero-order chi connectivity index (χ0) is 68.3. The number of quaternary nitrogens is 8. The maximum atomic E-state index is 9.89. The van der Waals surface area contributed by atoms with Gasteiger partial charge < -0.3 is 93.3 Å². The Kier molecular flexibility index (Phi) is 58.1. The molecule has 0 aliphatic carbocycles. The van der Waals surface area contributed by atoms with E-state index in [4.69, 9.17) is 40.2 Å². The van der Waals surface area contributed by atoms with Crippen molar-refractivity contribution < 1.29 is 93.3 Å². The van der Waals surface area contributed by atoms with Gasteiger partial charge in [-0.05, 0) is 209 Å². The topological polar surface area (TPSA) is 184 Å². The van der Waals surface area contributed by atoms with E-state index in [1.165, 1.54) is 347 Å². The van der Waals surface area contributed by atoms with Gasteiger partial charge in [0.15, 0.2) is 0 Å². The van der Waals surface area contributed by atoms with Crippen LogP contribution in [0, 0.1) is 0 Å². The van der Waals surface area contributed by atoms with Gasteiger partial charge in [-0.2, -0.15) is 0 Å². The molecule has 16 nitrogen and oxygen atoms in total. The molecule has 0 aromatic rings. The normalized spacial score (nSPS) is 22.5. The van der Waals surface area contributed by atoms with Gasteiger partial charge in [0.1, 0.15) is 29.6 Å². The first kappa shape index (κ1) is 93.7. The maximum absolute atomic E-state index is 9.89. The molecule has 8 aliphatic rings. The minimum atomic E-state index is -3.17. The molecular weight excluding hydrogens is 1130 g/mol. The number of halogens is 4. The van der Waals surface area contributed by atoms with Gasteiger partial charge in [-0.3, -0.25) is 0 Å². The molecule has 0 radical (unpaired) electrons. The van der Waals surface area contributed by atoms with Crippen LogP contribution in [0.5, 0.6) is 0 Å². The van der Waals surface area contributed by atoms with Crippen LogP contribution in [0.15, 0.2) is 0 Å². The molecule has 0 N–H and O–H groups in total. The number of piperidine rings is 8. The molecule has 0 spiro atoms. The lowest BCUT2D eigenvalue weighted by Crippen LogP contribution is -2.47. The standard InChI is InChI=1S/8C8H18N.4BFO2/c8*1-3-9(2)7-5-4-6-8-9;4*2-1(3)4/h8*3-8H2,1-2H3;;;;/q8*+1;4*-2. The van der Waals surface area contributed by atoms with Crippen LogP contribution in [0.25, 0.3) is 0 Å². The predicted molar refractivity (Wildman–Crippen MR) is 350 cm³/mol. The number of rotatable bonds is 8. The van der Waals surface area contributed by atoms with Crippen molar-refractivity contribution in [2.24, 2.45) is 0 Å². The summed E-state index contributed by atoms with van der Waals surface area (Å²) in [5, 5.41) is 66.4. The molecule has 8 heterocycles. The van der Waals surface area contributed by atoms with Crippen LogP contribution < -0.4 is 40.2 Å². The monoisotopic (exact) mass is 1270 g/mol. The fourth-order valence-corrected chi connectivity index (χ4v) is 12.7. The fraction of sp³-hybridized carbons (Fsp3) is 1.00. The number of nitrogens with zero attached hydrogens (tertiary/aromatic N) is 8. The Bertz CT molecular complexity index is 1180. The van der Waals surface area contributed by atoms with Gasteiger partial charge in [0.25, 0.3) is 0 Å². The van der Waals surface area contributed by atoms with Crippen LogP contribution in [0.1, 0.15) is 209 Å². The van der Waals surface area contributed by atoms with Crippen LogP contribution in [0.3, 0.4) is 0 Å². The van der Waals surface area contributed by atoms with Gasteiger partial charge in [0.2, 0.25) is 0 Å². The predicted octanol–water partition coefficient (Wildman–Crippen LogP) is 3.74. The maximum Gasteiger partial charge on any atom is 0.121 e. The summed E-state index contributed by atoms with van der Waals surface area (Å²) in [6.45, 7) is 51.5. The van der Waals surface area contributed by atoms with Crippen LogP contribution >= 0.6 is 0 Å². The first-order chi connectivity index (χ1) is 41.1. The quantitative estimate of drug-likeness (QED) is 0.200. The highest BCUT2D eigenvalue weighted by Crippen LogP contribution is 2.20. The van der Waals surface area contributed by atoms with Gasteiger partial charge in [0, 0.05) is 0 Å². The Morgan fingerprint density at radius 1 is 0.182 bits per heavy atom. The molecule has 0 aromatic heterocycles. The van der Waals surface area contributed by atoms with E-state index in [2.05, 4.69) is 112 Å². The molecule has 0 atom stereocenters. The van der Waals surface area contributed by atoms with Crippen molar-refractivity contribution in [3.05, 3.63) is 0 Å². The second-order valence-electron chi connectivity index (χ2n) is 28.6.